The molecule has 7 heteroatoms. The van der Waals surface area contributed by atoms with Crippen LogP contribution in [0.1, 0.15) is 16.8 Å². The molecule has 1 aliphatic rings. The second-order valence-corrected chi connectivity index (χ2v) is 6.55. The molecule has 1 aromatic carbocycles. The Morgan fingerprint density at radius 3 is 2.73 bits per heavy atom. The van der Waals surface area contributed by atoms with Crippen LogP contribution in [-0.2, 0) is 19.6 Å². The Morgan fingerprint density at radius 2 is 2.00 bits per heavy atom. The quantitative estimate of drug-likeness (QED) is 0.534. The minimum Gasteiger partial charge on any atom is -0.291 e. The fourth-order valence-electron chi connectivity index (χ4n) is 3.31. The molecule has 0 spiro atoms. The predicted octanol–water partition coefficient (Wildman–Crippen LogP) is 3.18. The lowest BCUT2D eigenvalue weighted by atomic mass is 10.1. The molecule has 0 fully saturated rings. The zero-order chi connectivity index (χ0) is 18.1. The number of nitro benzene ring substituents is 1. The summed E-state index contributed by atoms with van der Waals surface area (Å²) in [5.74, 6) is 0. The second-order valence-electron chi connectivity index (χ2n) is 6.55. The van der Waals surface area contributed by atoms with Crippen LogP contribution in [-0.4, -0.2) is 31.1 Å². The van der Waals surface area contributed by atoms with Crippen LogP contribution in [0, 0.1) is 17.0 Å². The summed E-state index contributed by atoms with van der Waals surface area (Å²) in [4.78, 5) is 17.2. The predicted molar refractivity (Wildman–Crippen MR) is 97.4 cm³/mol. The maximum absolute atomic E-state index is 10.8. The van der Waals surface area contributed by atoms with Crippen molar-refractivity contribution < 1.29 is 4.92 Å². The minimum atomic E-state index is -0.371. The van der Waals surface area contributed by atoms with E-state index in [9.17, 15) is 10.1 Å². The second kappa shape index (κ2) is 6.68. The molecule has 0 saturated carbocycles. The number of pyridine rings is 1. The Kier molecular flexibility index (Phi) is 4.22. The molecule has 26 heavy (non-hydrogen) atoms. The molecule has 0 radical (unpaired) electrons. The van der Waals surface area contributed by atoms with E-state index in [1.165, 1.54) is 5.69 Å². The van der Waals surface area contributed by atoms with Crippen molar-refractivity contribution in [3.8, 4) is 11.4 Å². The molecule has 3 aromatic rings. The third kappa shape index (κ3) is 3.21. The van der Waals surface area contributed by atoms with Crippen molar-refractivity contribution in [1.29, 1.82) is 0 Å². The van der Waals surface area contributed by atoms with Crippen molar-refractivity contribution in [2.45, 2.75) is 26.6 Å². The van der Waals surface area contributed by atoms with Gasteiger partial charge in [0, 0.05) is 38.0 Å². The third-order valence-electron chi connectivity index (χ3n) is 4.68. The number of rotatable bonds is 4. The number of aromatic nitrogens is 3. The van der Waals surface area contributed by atoms with Gasteiger partial charge >= 0.3 is 0 Å². The van der Waals surface area contributed by atoms with Crippen LogP contribution >= 0.6 is 0 Å². The van der Waals surface area contributed by atoms with E-state index in [0.29, 0.717) is 0 Å². The first kappa shape index (κ1) is 16.4. The number of hydrogen-bond donors (Lipinski definition) is 0. The Morgan fingerprint density at radius 1 is 1.19 bits per heavy atom. The molecule has 0 aliphatic carbocycles. The van der Waals surface area contributed by atoms with Gasteiger partial charge in [-0.2, -0.15) is 5.10 Å². The fraction of sp³-hybridized carbons (Fsp3) is 0.263. The molecule has 0 bridgehead atoms. The van der Waals surface area contributed by atoms with Gasteiger partial charge in [-0.25, -0.2) is 0 Å². The van der Waals surface area contributed by atoms with Crippen LogP contribution in [0.15, 0.2) is 48.7 Å². The van der Waals surface area contributed by atoms with E-state index in [2.05, 4.69) is 20.6 Å². The number of benzene rings is 1. The summed E-state index contributed by atoms with van der Waals surface area (Å²) in [5.41, 5.74) is 5.32. The Bertz CT molecular complexity index is 949. The van der Waals surface area contributed by atoms with Gasteiger partial charge in [0.25, 0.3) is 5.69 Å². The molecule has 0 amide bonds. The summed E-state index contributed by atoms with van der Waals surface area (Å²) < 4.78 is 2.05. The molecule has 1 aliphatic heterocycles. The monoisotopic (exact) mass is 349 g/mol. The van der Waals surface area contributed by atoms with Crippen molar-refractivity contribution in [3.05, 3.63) is 75.6 Å². The number of nitro groups is 1. The van der Waals surface area contributed by atoms with E-state index in [1.54, 1.807) is 18.3 Å². The maximum atomic E-state index is 10.8. The molecular weight excluding hydrogens is 330 g/mol. The molecule has 7 nitrogen and oxygen atoms in total. The van der Waals surface area contributed by atoms with E-state index >= 15 is 0 Å². The minimum absolute atomic E-state index is 0.126. The highest BCUT2D eigenvalue weighted by Crippen LogP contribution is 2.24. The van der Waals surface area contributed by atoms with Crippen LogP contribution in [0.5, 0.6) is 0 Å². The van der Waals surface area contributed by atoms with Crippen molar-refractivity contribution in [1.82, 2.24) is 19.7 Å². The van der Waals surface area contributed by atoms with Crippen molar-refractivity contribution >= 4 is 5.69 Å². The number of hydrogen-bond acceptors (Lipinski definition) is 5. The summed E-state index contributed by atoms with van der Waals surface area (Å²) in [7, 11) is 0. The lowest BCUT2D eigenvalue weighted by Crippen LogP contribution is -2.33. The number of fused-ring (bicyclic) bond motifs is 1. The average Bonchev–Trinajstić information content (AvgIpc) is 3.05. The van der Waals surface area contributed by atoms with Gasteiger partial charge in [0.15, 0.2) is 0 Å². The summed E-state index contributed by atoms with van der Waals surface area (Å²) in [6, 6.07) is 12.9. The highest BCUT2D eigenvalue weighted by molar-refractivity contribution is 5.58. The van der Waals surface area contributed by atoms with Gasteiger partial charge in [0.2, 0.25) is 0 Å². The number of non-ortho nitro benzene ring substituents is 1. The largest absolute Gasteiger partial charge is 0.291 e. The van der Waals surface area contributed by atoms with Crippen LogP contribution in [0.3, 0.4) is 0 Å². The van der Waals surface area contributed by atoms with Crippen LogP contribution in [0.4, 0.5) is 5.69 Å². The zero-order valence-corrected chi connectivity index (χ0v) is 14.5. The van der Waals surface area contributed by atoms with E-state index in [1.807, 2.05) is 31.2 Å². The first-order valence-corrected chi connectivity index (χ1v) is 8.54. The van der Waals surface area contributed by atoms with Crippen molar-refractivity contribution in [2.24, 2.45) is 0 Å². The van der Waals surface area contributed by atoms with Gasteiger partial charge in [-0.3, -0.25) is 24.7 Å². The standard InChI is InChI=1S/C19H19N5O2/c1-14-3-2-8-20-19(14)18-11-17-13-22(9-10-23(17)21-18)12-15-4-6-16(7-5-15)24(25)26/h2-8,11H,9-10,12-13H2,1H3. The molecule has 3 heterocycles. The average molecular weight is 349 g/mol. The van der Waals surface area contributed by atoms with Gasteiger partial charge in [-0.05, 0) is 30.2 Å². The number of nitrogens with zero attached hydrogens (tertiary/aromatic N) is 5. The highest BCUT2D eigenvalue weighted by atomic mass is 16.6. The van der Waals surface area contributed by atoms with Gasteiger partial charge < -0.3 is 0 Å². The Labute approximate surface area is 151 Å². The summed E-state index contributed by atoms with van der Waals surface area (Å²) in [6.45, 7) is 5.33. The lowest BCUT2D eigenvalue weighted by molar-refractivity contribution is -0.384. The highest BCUT2D eigenvalue weighted by Gasteiger charge is 2.20. The molecule has 0 atom stereocenters. The van der Waals surface area contributed by atoms with Crippen LogP contribution in [0.2, 0.25) is 0 Å². The topological polar surface area (TPSA) is 77.1 Å². The van der Waals surface area contributed by atoms with E-state index in [0.717, 1.165) is 48.7 Å². The van der Waals surface area contributed by atoms with Gasteiger partial charge in [-0.15, -0.1) is 0 Å². The molecule has 4 rings (SSSR count). The maximum Gasteiger partial charge on any atom is 0.269 e. The van der Waals surface area contributed by atoms with Gasteiger partial charge in [0.05, 0.1) is 22.9 Å². The van der Waals surface area contributed by atoms with E-state index < -0.39 is 0 Å². The van der Waals surface area contributed by atoms with E-state index in [-0.39, 0.29) is 10.6 Å². The van der Waals surface area contributed by atoms with Crippen LogP contribution < -0.4 is 0 Å². The molecule has 2 aromatic heterocycles. The summed E-state index contributed by atoms with van der Waals surface area (Å²) >= 11 is 0. The normalized spacial score (nSPS) is 14.2. The molecule has 132 valence electrons. The van der Waals surface area contributed by atoms with Crippen LogP contribution in [0.25, 0.3) is 11.4 Å². The number of aryl methyl sites for hydroxylation is 1. The first-order chi connectivity index (χ1) is 12.6. The van der Waals surface area contributed by atoms with Crippen molar-refractivity contribution in [3.63, 3.8) is 0 Å². The third-order valence-corrected chi connectivity index (χ3v) is 4.68. The van der Waals surface area contributed by atoms with Crippen molar-refractivity contribution in [2.75, 3.05) is 6.54 Å². The Hall–Kier alpha value is -3.06. The molecule has 0 saturated heterocycles. The first-order valence-electron chi connectivity index (χ1n) is 8.54. The summed E-state index contributed by atoms with van der Waals surface area (Å²) in [5, 5.41) is 15.5. The Balaban J connectivity index is 1.49. The SMILES string of the molecule is Cc1cccnc1-c1cc2n(n1)CCN(Cc1ccc([N+](=O)[O-])cc1)C2. The fourth-order valence-corrected chi connectivity index (χ4v) is 3.31. The summed E-state index contributed by atoms with van der Waals surface area (Å²) in [6.07, 6.45) is 1.79. The van der Waals surface area contributed by atoms with Gasteiger partial charge in [0.1, 0.15) is 5.69 Å². The smallest absolute Gasteiger partial charge is 0.269 e. The molecule has 0 unspecified atom stereocenters. The van der Waals surface area contributed by atoms with Gasteiger partial charge in [-0.1, -0.05) is 18.2 Å². The molecular formula is C19H19N5O2. The molecule has 0 N–H and O–H groups in total. The van der Waals surface area contributed by atoms with E-state index in [4.69, 9.17) is 5.10 Å². The zero-order valence-electron chi connectivity index (χ0n) is 14.5. The lowest BCUT2D eigenvalue weighted by Gasteiger charge is -2.27.